The Hall–Kier alpha value is -2.07. The molecule has 0 unspecified atom stereocenters. The summed E-state index contributed by atoms with van der Waals surface area (Å²) in [5.74, 6) is 0. The highest BCUT2D eigenvalue weighted by Gasteiger charge is 2.46. The van der Waals surface area contributed by atoms with Gasteiger partial charge in [-0.2, -0.15) is 5.26 Å². The van der Waals surface area contributed by atoms with Crippen molar-refractivity contribution in [2.45, 2.75) is 37.5 Å². The van der Waals surface area contributed by atoms with Gasteiger partial charge in [-0.25, -0.2) is 0 Å². The van der Waals surface area contributed by atoms with Crippen molar-refractivity contribution in [3.63, 3.8) is 0 Å². The first-order valence-corrected chi connectivity index (χ1v) is 7.46. The lowest BCUT2D eigenvalue weighted by molar-refractivity contribution is 0.905. The van der Waals surface area contributed by atoms with Crippen LogP contribution in [0, 0.1) is 11.3 Å². The zero-order chi connectivity index (χ0) is 13.6. The first-order valence-electron chi connectivity index (χ1n) is 7.46. The van der Waals surface area contributed by atoms with Crippen LogP contribution in [0.3, 0.4) is 0 Å². The Balaban J connectivity index is 1.93. The smallest absolute Gasteiger partial charge is 0.0829 e. The molecule has 0 amide bonds. The molecule has 0 aliphatic heterocycles. The second-order valence-electron chi connectivity index (χ2n) is 6.04. The third-order valence-electron chi connectivity index (χ3n) is 4.84. The fourth-order valence-electron chi connectivity index (χ4n) is 3.57. The highest BCUT2D eigenvalue weighted by atomic mass is 14.5. The molecule has 98 valence electrons. The topological polar surface area (TPSA) is 23.8 Å². The second kappa shape index (κ2) is 4.21. The minimum absolute atomic E-state index is 0.210. The van der Waals surface area contributed by atoms with Gasteiger partial charge in [-0.1, -0.05) is 42.5 Å². The van der Waals surface area contributed by atoms with Crippen LogP contribution >= 0.6 is 0 Å². The first kappa shape index (κ1) is 11.7. The van der Waals surface area contributed by atoms with E-state index in [9.17, 15) is 5.26 Å². The molecular formula is C19H17N. The molecule has 1 nitrogen and oxygen atoms in total. The number of aryl methyl sites for hydroxylation is 1. The fraction of sp³-hybridized carbons (Fsp3) is 0.316. The highest BCUT2D eigenvalue weighted by molar-refractivity contribution is 5.75. The molecular weight excluding hydrogens is 242 g/mol. The summed E-state index contributed by atoms with van der Waals surface area (Å²) in [5.41, 5.74) is 6.68. The molecule has 4 rings (SSSR count). The zero-order valence-corrected chi connectivity index (χ0v) is 11.5. The van der Waals surface area contributed by atoms with E-state index in [0.29, 0.717) is 0 Å². The Kier molecular flexibility index (Phi) is 2.47. The maximum atomic E-state index is 9.52. The van der Waals surface area contributed by atoms with Crippen LogP contribution in [0.1, 0.15) is 36.0 Å². The first-order chi connectivity index (χ1) is 9.84. The van der Waals surface area contributed by atoms with Gasteiger partial charge in [0.05, 0.1) is 11.5 Å². The maximum absolute atomic E-state index is 9.52. The molecule has 0 heterocycles. The second-order valence-corrected chi connectivity index (χ2v) is 6.04. The predicted octanol–water partition coefficient (Wildman–Crippen LogP) is 4.40. The van der Waals surface area contributed by atoms with Crippen LogP contribution in [-0.4, -0.2) is 0 Å². The molecule has 2 aliphatic rings. The highest BCUT2D eigenvalue weighted by Crippen LogP contribution is 2.51. The van der Waals surface area contributed by atoms with Crippen molar-refractivity contribution in [2.24, 2.45) is 0 Å². The standard InChI is InChI=1S/C19H17N/c20-13-19(11-12-19)18-10-2-1-7-17(18)16-9-4-6-14-5-3-8-15(14)16/h1-2,4,6-7,9-10H,3,5,8,11-12H2. The van der Waals surface area contributed by atoms with Crippen molar-refractivity contribution < 1.29 is 0 Å². The quantitative estimate of drug-likeness (QED) is 0.784. The Morgan fingerprint density at radius 1 is 0.900 bits per heavy atom. The van der Waals surface area contributed by atoms with Crippen molar-refractivity contribution in [3.05, 3.63) is 59.2 Å². The van der Waals surface area contributed by atoms with Crippen molar-refractivity contribution in [2.75, 3.05) is 0 Å². The molecule has 2 aromatic carbocycles. The van der Waals surface area contributed by atoms with Crippen molar-refractivity contribution in [3.8, 4) is 17.2 Å². The van der Waals surface area contributed by atoms with E-state index in [0.717, 1.165) is 12.8 Å². The lowest BCUT2D eigenvalue weighted by Gasteiger charge is -2.16. The third-order valence-corrected chi connectivity index (χ3v) is 4.84. The number of fused-ring (bicyclic) bond motifs is 1. The molecule has 0 N–H and O–H groups in total. The van der Waals surface area contributed by atoms with Crippen LogP contribution in [-0.2, 0) is 18.3 Å². The Morgan fingerprint density at radius 2 is 1.70 bits per heavy atom. The lowest BCUT2D eigenvalue weighted by atomic mass is 9.86. The van der Waals surface area contributed by atoms with Gasteiger partial charge in [-0.05, 0) is 59.9 Å². The maximum Gasteiger partial charge on any atom is 0.0829 e. The Labute approximate surface area is 119 Å². The van der Waals surface area contributed by atoms with Gasteiger partial charge in [0.2, 0.25) is 0 Å². The van der Waals surface area contributed by atoms with Crippen LogP contribution in [0.5, 0.6) is 0 Å². The van der Waals surface area contributed by atoms with Crippen molar-refractivity contribution in [1.82, 2.24) is 0 Å². The summed E-state index contributed by atoms with van der Waals surface area (Å²) >= 11 is 0. The molecule has 0 aromatic heterocycles. The van der Waals surface area contributed by atoms with Gasteiger partial charge >= 0.3 is 0 Å². The van der Waals surface area contributed by atoms with Gasteiger partial charge in [0.15, 0.2) is 0 Å². The number of nitrogens with zero attached hydrogens (tertiary/aromatic N) is 1. The van der Waals surface area contributed by atoms with Gasteiger partial charge in [-0.3, -0.25) is 0 Å². The molecule has 0 bridgehead atoms. The number of nitriles is 1. The molecule has 0 radical (unpaired) electrons. The normalized spacial score (nSPS) is 18.4. The fourth-order valence-corrected chi connectivity index (χ4v) is 3.57. The molecule has 0 atom stereocenters. The molecule has 20 heavy (non-hydrogen) atoms. The minimum atomic E-state index is -0.210. The molecule has 1 saturated carbocycles. The minimum Gasteiger partial charge on any atom is -0.197 e. The average Bonchev–Trinajstić information content (AvgIpc) is 3.16. The summed E-state index contributed by atoms with van der Waals surface area (Å²) in [7, 11) is 0. The van der Waals surface area contributed by atoms with Crippen molar-refractivity contribution in [1.29, 1.82) is 5.26 Å². The van der Waals surface area contributed by atoms with E-state index < -0.39 is 0 Å². The SMILES string of the molecule is N#CC1(c2ccccc2-c2cccc3c2CCC3)CC1. The van der Waals surface area contributed by atoms with Gasteiger partial charge in [-0.15, -0.1) is 0 Å². The summed E-state index contributed by atoms with van der Waals surface area (Å²) in [4.78, 5) is 0. The van der Waals surface area contributed by atoms with Crippen molar-refractivity contribution >= 4 is 0 Å². The van der Waals surface area contributed by atoms with Gasteiger partial charge in [0.1, 0.15) is 0 Å². The summed E-state index contributed by atoms with van der Waals surface area (Å²) in [6.45, 7) is 0. The monoisotopic (exact) mass is 259 g/mol. The molecule has 2 aromatic rings. The summed E-state index contributed by atoms with van der Waals surface area (Å²) in [6, 6.07) is 17.7. The number of hydrogen-bond donors (Lipinski definition) is 0. The Morgan fingerprint density at radius 3 is 2.50 bits per heavy atom. The van der Waals surface area contributed by atoms with Crippen LogP contribution in [0.25, 0.3) is 11.1 Å². The molecule has 2 aliphatic carbocycles. The number of benzene rings is 2. The van der Waals surface area contributed by atoms with Crippen LogP contribution < -0.4 is 0 Å². The van der Waals surface area contributed by atoms with E-state index in [1.165, 1.54) is 47.1 Å². The van der Waals surface area contributed by atoms with E-state index in [1.807, 2.05) is 0 Å². The molecule has 0 spiro atoms. The van der Waals surface area contributed by atoms with E-state index in [-0.39, 0.29) is 5.41 Å². The number of hydrogen-bond acceptors (Lipinski definition) is 1. The summed E-state index contributed by atoms with van der Waals surface area (Å²) < 4.78 is 0. The average molecular weight is 259 g/mol. The summed E-state index contributed by atoms with van der Waals surface area (Å²) in [6.07, 6.45) is 5.66. The molecule has 0 saturated heterocycles. The lowest BCUT2D eigenvalue weighted by Crippen LogP contribution is -2.05. The molecule has 1 fully saturated rings. The number of rotatable bonds is 2. The van der Waals surface area contributed by atoms with E-state index >= 15 is 0 Å². The Bertz CT molecular complexity index is 717. The zero-order valence-electron chi connectivity index (χ0n) is 11.5. The predicted molar refractivity (Wildman–Crippen MR) is 80.4 cm³/mol. The molecule has 1 heteroatoms. The van der Waals surface area contributed by atoms with E-state index in [4.69, 9.17) is 0 Å². The van der Waals surface area contributed by atoms with Crippen LogP contribution in [0.2, 0.25) is 0 Å². The summed E-state index contributed by atoms with van der Waals surface area (Å²) in [5, 5.41) is 9.52. The van der Waals surface area contributed by atoms with Crippen LogP contribution in [0.15, 0.2) is 42.5 Å². The van der Waals surface area contributed by atoms with Gasteiger partial charge in [0.25, 0.3) is 0 Å². The largest absolute Gasteiger partial charge is 0.197 e. The van der Waals surface area contributed by atoms with Gasteiger partial charge in [0, 0.05) is 0 Å². The van der Waals surface area contributed by atoms with Gasteiger partial charge < -0.3 is 0 Å². The van der Waals surface area contributed by atoms with Crippen LogP contribution in [0.4, 0.5) is 0 Å². The third kappa shape index (κ3) is 1.61. The van der Waals surface area contributed by atoms with E-state index in [2.05, 4.69) is 48.5 Å². The van der Waals surface area contributed by atoms with E-state index in [1.54, 1.807) is 0 Å².